The standard InChI is InChI=1S/C18H29N3O3/c1-20(16-12-24-13-17(22)18(16)23)10-14-5-8-21(9-6-14)11-15-4-2-3-7-19-15/h2-4,7,14,16-18,22-23H,5-6,8-13H2,1H3/t16-,17-,18+/m1/s1. The molecule has 1 aromatic rings. The van der Waals surface area contributed by atoms with Crippen molar-refractivity contribution in [3.63, 3.8) is 0 Å². The maximum absolute atomic E-state index is 10.2. The van der Waals surface area contributed by atoms with Crippen molar-refractivity contribution in [3.8, 4) is 0 Å². The van der Waals surface area contributed by atoms with Crippen molar-refractivity contribution in [2.75, 3.05) is 39.9 Å². The molecule has 0 saturated carbocycles. The van der Waals surface area contributed by atoms with Crippen molar-refractivity contribution in [2.45, 2.75) is 37.6 Å². The third kappa shape index (κ3) is 4.52. The van der Waals surface area contributed by atoms with Crippen LogP contribution in [0.5, 0.6) is 0 Å². The van der Waals surface area contributed by atoms with Crippen LogP contribution < -0.4 is 0 Å². The lowest BCUT2D eigenvalue weighted by molar-refractivity contribution is -0.130. The number of aliphatic hydroxyl groups is 2. The predicted molar refractivity (Wildman–Crippen MR) is 91.5 cm³/mol. The molecule has 0 unspecified atom stereocenters. The van der Waals surface area contributed by atoms with Gasteiger partial charge >= 0.3 is 0 Å². The van der Waals surface area contributed by atoms with Crippen molar-refractivity contribution >= 4 is 0 Å². The second-order valence-corrected chi connectivity index (χ2v) is 7.14. The molecule has 0 amide bonds. The molecule has 3 heterocycles. The average Bonchev–Trinajstić information content (AvgIpc) is 2.60. The molecule has 134 valence electrons. The molecule has 0 aromatic carbocycles. The highest BCUT2D eigenvalue weighted by Crippen LogP contribution is 2.22. The normalized spacial score (nSPS) is 29.9. The summed E-state index contributed by atoms with van der Waals surface area (Å²) < 4.78 is 5.39. The Balaban J connectivity index is 1.43. The molecular weight excluding hydrogens is 306 g/mol. The fraction of sp³-hybridized carbons (Fsp3) is 0.722. The van der Waals surface area contributed by atoms with E-state index < -0.39 is 12.2 Å². The second-order valence-electron chi connectivity index (χ2n) is 7.14. The number of rotatable bonds is 5. The molecular formula is C18H29N3O3. The number of nitrogens with zero attached hydrogens (tertiary/aromatic N) is 3. The first kappa shape index (κ1) is 17.8. The van der Waals surface area contributed by atoms with Gasteiger partial charge in [0.25, 0.3) is 0 Å². The molecule has 2 fully saturated rings. The topological polar surface area (TPSA) is 69.1 Å². The summed E-state index contributed by atoms with van der Waals surface area (Å²) in [6.45, 7) is 4.76. The number of aromatic nitrogens is 1. The number of hydrogen-bond acceptors (Lipinski definition) is 6. The van der Waals surface area contributed by atoms with Crippen LogP contribution in [0.25, 0.3) is 0 Å². The van der Waals surface area contributed by atoms with Crippen molar-refractivity contribution in [1.29, 1.82) is 0 Å². The van der Waals surface area contributed by atoms with Crippen molar-refractivity contribution < 1.29 is 14.9 Å². The lowest BCUT2D eigenvalue weighted by Crippen LogP contribution is -2.56. The zero-order chi connectivity index (χ0) is 16.9. The summed E-state index contributed by atoms with van der Waals surface area (Å²) >= 11 is 0. The SMILES string of the molecule is CN(CC1CCN(Cc2ccccn2)CC1)[C@@H]1COC[C@@H](O)[C@H]1O. The van der Waals surface area contributed by atoms with Gasteiger partial charge < -0.3 is 14.9 Å². The van der Waals surface area contributed by atoms with Crippen molar-refractivity contribution in [1.82, 2.24) is 14.8 Å². The molecule has 2 aliphatic heterocycles. The Labute approximate surface area is 144 Å². The van der Waals surface area contributed by atoms with E-state index in [0.717, 1.165) is 44.7 Å². The average molecular weight is 335 g/mol. The number of pyridine rings is 1. The third-order valence-electron chi connectivity index (χ3n) is 5.30. The van der Waals surface area contributed by atoms with Gasteiger partial charge in [-0.1, -0.05) is 6.07 Å². The lowest BCUT2D eigenvalue weighted by Gasteiger charge is -2.40. The summed E-state index contributed by atoms with van der Waals surface area (Å²) in [4.78, 5) is 9.02. The van der Waals surface area contributed by atoms with Crippen LogP contribution in [0, 0.1) is 5.92 Å². The second kappa shape index (κ2) is 8.36. The van der Waals surface area contributed by atoms with Crippen molar-refractivity contribution in [3.05, 3.63) is 30.1 Å². The van der Waals surface area contributed by atoms with E-state index in [4.69, 9.17) is 4.74 Å². The first-order chi connectivity index (χ1) is 11.6. The Morgan fingerprint density at radius 1 is 1.25 bits per heavy atom. The molecule has 1 aromatic heterocycles. The molecule has 0 bridgehead atoms. The minimum atomic E-state index is -0.772. The number of piperidine rings is 1. The van der Waals surface area contributed by atoms with E-state index >= 15 is 0 Å². The van der Waals surface area contributed by atoms with Gasteiger partial charge in [-0.3, -0.25) is 14.8 Å². The number of likely N-dealkylation sites (tertiary alicyclic amines) is 1. The first-order valence-corrected chi connectivity index (χ1v) is 8.90. The van der Waals surface area contributed by atoms with E-state index in [1.165, 1.54) is 0 Å². The molecule has 2 aliphatic rings. The highest BCUT2D eigenvalue weighted by Gasteiger charge is 2.34. The molecule has 2 saturated heterocycles. The minimum absolute atomic E-state index is 0.111. The lowest BCUT2D eigenvalue weighted by atomic mass is 9.94. The van der Waals surface area contributed by atoms with Gasteiger partial charge in [-0.2, -0.15) is 0 Å². The largest absolute Gasteiger partial charge is 0.389 e. The molecule has 3 atom stereocenters. The third-order valence-corrected chi connectivity index (χ3v) is 5.30. The van der Waals surface area contributed by atoms with E-state index in [1.807, 2.05) is 25.4 Å². The Morgan fingerprint density at radius 2 is 2.04 bits per heavy atom. The van der Waals surface area contributed by atoms with Gasteiger partial charge in [0.05, 0.1) is 31.1 Å². The van der Waals surface area contributed by atoms with Gasteiger partial charge in [0.1, 0.15) is 6.10 Å². The highest BCUT2D eigenvalue weighted by molar-refractivity contribution is 5.03. The quantitative estimate of drug-likeness (QED) is 0.809. The van der Waals surface area contributed by atoms with Gasteiger partial charge in [-0.25, -0.2) is 0 Å². The van der Waals surface area contributed by atoms with E-state index in [0.29, 0.717) is 12.5 Å². The number of aliphatic hydroxyl groups excluding tert-OH is 2. The van der Waals surface area contributed by atoms with Gasteiger partial charge in [0, 0.05) is 19.3 Å². The monoisotopic (exact) mass is 335 g/mol. The van der Waals surface area contributed by atoms with Gasteiger partial charge in [-0.15, -0.1) is 0 Å². The fourth-order valence-electron chi connectivity index (χ4n) is 3.74. The van der Waals surface area contributed by atoms with Gasteiger partial charge in [-0.05, 0) is 51.0 Å². The zero-order valence-corrected chi connectivity index (χ0v) is 14.4. The van der Waals surface area contributed by atoms with E-state index in [9.17, 15) is 10.2 Å². The molecule has 0 spiro atoms. The molecule has 24 heavy (non-hydrogen) atoms. The molecule has 6 heteroatoms. The van der Waals surface area contributed by atoms with Crippen LogP contribution in [-0.4, -0.2) is 83.1 Å². The fourth-order valence-corrected chi connectivity index (χ4v) is 3.74. The summed E-state index contributed by atoms with van der Waals surface area (Å²) in [5, 5.41) is 19.9. The van der Waals surface area contributed by atoms with E-state index in [1.54, 1.807) is 0 Å². The molecule has 6 nitrogen and oxygen atoms in total. The summed E-state index contributed by atoms with van der Waals surface area (Å²) in [6.07, 6.45) is 2.68. The van der Waals surface area contributed by atoms with Gasteiger partial charge in [0.15, 0.2) is 0 Å². The first-order valence-electron chi connectivity index (χ1n) is 8.90. The summed E-state index contributed by atoms with van der Waals surface area (Å²) in [6, 6.07) is 5.96. The Hall–Kier alpha value is -1.05. The molecule has 0 aliphatic carbocycles. The Kier molecular flexibility index (Phi) is 6.19. The Morgan fingerprint density at radius 3 is 2.75 bits per heavy atom. The molecule has 2 N–H and O–H groups in total. The summed E-state index contributed by atoms with van der Waals surface area (Å²) in [5.41, 5.74) is 1.13. The predicted octanol–water partition coefficient (Wildman–Crippen LogP) is 0.346. The van der Waals surface area contributed by atoms with E-state index in [-0.39, 0.29) is 12.6 Å². The maximum atomic E-state index is 10.2. The highest BCUT2D eigenvalue weighted by atomic mass is 16.5. The Bertz CT molecular complexity index is 494. The van der Waals surface area contributed by atoms with Gasteiger partial charge in [0.2, 0.25) is 0 Å². The molecule has 3 rings (SSSR count). The summed E-state index contributed by atoms with van der Waals surface area (Å²) in [5.74, 6) is 0.626. The van der Waals surface area contributed by atoms with Crippen LogP contribution in [0.15, 0.2) is 24.4 Å². The number of hydrogen-bond donors (Lipinski definition) is 2. The van der Waals surface area contributed by atoms with E-state index in [2.05, 4.69) is 20.9 Å². The zero-order valence-electron chi connectivity index (χ0n) is 14.4. The van der Waals surface area contributed by atoms with Crippen LogP contribution in [0.3, 0.4) is 0 Å². The number of likely N-dealkylation sites (N-methyl/N-ethyl adjacent to an activating group) is 1. The number of ether oxygens (including phenoxy) is 1. The van der Waals surface area contributed by atoms with Crippen LogP contribution in [0.4, 0.5) is 0 Å². The smallest absolute Gasteiger partial charge is 0.105 e. The van der Waals surface area contributed by atoms with Crippen LogP contribution in [0.2, 0.25) is 0 Å². The minimum Gasteiger partial charge on any atom is -0.389 e. The van der Waals surface area contributed by atoms with Crippen LogP contribution in [-0.2, 0) is 11.3 Å². The van der Waals surface area contributed by atoms with Crippen LogP contribution in [0.1, 0.15) is 18.5 Å². The van der Waals surface area contributed by atoms with Crippen LogP contribution >= 0.6 is 0 Å². The molecule has 0 radical (unpaired) electrons. The maximum Gasteiger partial charge on any atom is 0.105 e. The summed E-state index contributed by atoms with van der Waals surface area (Å²) in [7, 11) is 2.02. The van der Waals surface area contributed by atoms with Crippen molar-refractivity contribution in [2.24, 2.45) is 5.92 Å².